The highest BCUT2D eigenvalue weighted by molar-refractivity contribution is 7.13. The molecular formula is C16H16N4OS. The third-order valence-corrected chi connectivity index (χ3v) is 4.24. The van der Waals surface area contributed by atoms with Crippen LogP contribution >= 0.6 is 11.3 Å². The molecule has 3 heterocycles. The van der Waals surface area contributed by atoms with Crippen LogP contribution in [0.2, 0.25) is 0 Å². The zero-order valence-electron chi connectivity index (χ0n) is 12.6. The summed E-state index contributed by atoms with van der Waals surface area (Å²) in [6.07, 6.45) is 0. The SMILES string of the molecule is Cc1cc(NC(=O)c2ccc(-c3cccs3)nc2C)n(C)n1. The Labute approximate surface area is 132 Å². The third-order valence-electron chi connectivity index (χ3n) is 3.35. The summed E-state index contributed by atoms with van der Waals surface area (Å²) < 4.78 is 1.65. The Kier molecular flexibility index (Phi) is 3.77. The number of carbonyl (C=O) groups excluding carboxylic acids is 1. The molecule has 0 aliphatic rings. The first-order valence-electron chi connectivity index (χ1n) is 6.88. The van der Waals surface area contributed by atoms with Gasteiger partial charge in [0.25, 0.3) is 5.91 Å². The van der Waals surface area contributed by atoms with Gasteiger partial charge < -0.3 is 5.32 Å². The molecule has 0 saturated heterocycles. The molecule has 0 bridgehead atoms. The van der Waals surface area contributed by atoms with Gasteiger partial charge in [0.1, 0.15) is 5.82 Å². The largest absolute Gasteiger partial charge is 0.307 e. The van der Waals surface area contributed by atoms with E-state index < -0.39 is 0 Å². The molecule has 0 aliphatic heterocycles. The van der Waals surface area contributed by atoms with Gasteiger partial charge in [-0.3, -0.25) is 14.5 Å². The quantitative estimate of drug-likeness (QED) is 0.806. The summed E-state index contributed by atoms with van der Waals surface area (Å²) in [5.41, 5.74) is 3.03. The minimum absolute atomic E-state index is 0.175. The van der Waals surface area contributed by atoms with Crippen LogP contribution in [-0.4, -0.2) is 20.7 Å². The Morgan fingerprint density at radius 3 is 2.68 bits per heavy atom. The molecule has 0 spiro atoms. The number of anilines is 1. The molecule has 0 aromatic carbocycles. The number of rotatable bonds is 3. The first-order chi connectivity index (χ1) is 10.5. The van der Waals surface area contributed by atoms with E-state index in [0.717, 1.165) is 16.3 Å². The first-order valence-corrected chi connectivity index (χ1v) is 7.76. The van der Waals surface area contributed by atoms with Crippen molar-refractivity contribution in [3.8, 4) is 10.6 Å². The molecule has 0 saturated carbocycles. The van der Waals surface area contributed by atoms with Gasteiger partial charge in [0.05, 0.1) is 27.5 Å². The predicted molar refractivity (Wildman–Crippen MR) is 88.2 cm³/mol. The fourth-order valence-electron chi connectivity index (χ4n) is 2.27. The first kappa shape index (κ1) is 14.5. The Balaban J connectivity index is 1.85. The Bertz CT molecular complexity index is 821. The van der Waals surface area contributed by atoms with Crippen molar-refractivity contribution in [3.05, 3.63) is 52.7 Å². The molecule has 0 aliphatic carbocycles. The maximum Gasteiger partial charge on any atom is 0.258 e. The van der Waals surface area contributed by atoms with Gasteiger partial charge in [0.2, 0.25) is 0 Å². The smallest absolute Gasteiger partial charge is 0.258 e. The van der Waals surface area contributed by atoms with E-state index in [1.807, 2.05) is 49.6 Å². The van der Waals surface area contributed by atoms with Crippen molar-refractivity contribution < 1.29 is 4.79 Å². The van der Waals surface area contributed by atoms with Gasteiger partial charge in [0, 0.05) is 13.1 Å². The van der Waals surface area contributed by atoms with Crippen LogP contribution in [0.5, 0.6) is 0 Å². The van der Waals surface area contributed by atoms with Crippen molar-refractivity contribution in [3.63, 3.8) is 0 Å². The van der Waals surface area contributed by atoms with E-state index in [2.05, 4.69) is 15.4 Å². The highest BCUT2D eigenvalue weighted by Crippen LogP contribution is 2.24. The zero-order chi connectivity index (χ0) is 15.7. The van der Waals surface area contributed by atoms with E-state index in [4.69, 9.17) is 0 Å². The Morgan fingerprint density at radius 1 is 1.27 bits per heavy atom. The fraction of sp³-hybridized carbons (Fsp3) is 0.188. The van der Waals surface area contributed by atoms with Crippen LogP contribution in [-0.2, 0) is 7.05 Å². The fourth-order valence-corrected chi connectivity index (χ4v) is 2.97. The van der Waals surface area contributed by atoms with E-state index >= 15 is 0 Å². The molecule has 112 valence electrons. The summed E-state index contributed by atoms with van der Waals surface area (Å²) in [4.78, 5) is 18.0. The number of amides is 1. The van der Waals surface area contributed by atoms with Gasteiger partial charge in [-0.05, 0) is 37.4 Å². The van der Waals surface area contributed by atoms with Crippen molar-refractivity contribution in [2.45, 2.75) is 13.8 Å². The highest BCUT2D eigenvalue weighted by Gasteiger charge is 2.14. The minimum atomic E-state index is -0.175. The maximum atomic E-state index is 12.4. The standard InChI is InChI=1S/C16H16N4OS/c1-10-9-15(20(3)19-10)18-16(21)12-6-7-13(17-11(12)2)14-5-4-8-22-14/h4-9H,1-3H3,(H,18,21). The molecule has 6 heteroatoms. The predicted octanol–water partition coefficient (Wildman–Crippen LogP) is 3.41. The number of pyridine rings is 1. The summed E-state index contributed by atoms with van der Waals surface area (Å²) >= 11 is 1.63. The van der Waals surface area contributed by atoms with Crippen LogP contribution in [0.15, 0.2) is 35.7 Å². The van der Waals surface area contributed by atoms with Gasteiger partial charge in [-0.15, -0.1) is 11.3 Å². The van der Waals surface area contributed by atoms with E-state index in [0.29, 0.717) is 17.1 Å². The van der Waals surface area contributed by atoms with E-state index in [1.54, 1.807) is 23.1 Å². The second kappa shape index (κ2) is 5.73. The second-order valence-corrected chi connectivity index (χ2v) is 6.00. The lowest BCUT2D eigenvalue weighted by atomic mass is 10.1. The number of nitrogens with one attached hydrogen (secondary N) is 1. The highest BCUT2D eigenvalue weighted by atomic mass is 32.1. The van der Waals surface area contributed by atoms with Crippen LogP contribution in [0.25, 0.3) is 10.6 Å². The van der Waals surface area contributed by atoms with Gasteiger partial charge in [-0.25, -0.2) is 0 Å². The normalized spacial score (nSPS) is 10.7. The number of nitrogens with zero attached hydrogens (tertiary/aromatic N) is 3. The summed E-state index contributed by atoms with van der Waals surface area (Å²) in [5.74, 6) is 0.495. The maximum absolute atomic E-state index is 12.4. The van der Waals surface area contributed by atoms with Crippen LogP contribution < -0.4 is 5.32 Å². The average Bonchev–Trinajstić information content (AvgIpc) is 3.09. The number of carbonyl (C=O) groups is 1. The lowest BCUT2D eigenvalue weighted by Gasteiger charge is -2.08. The van der Waals surface area contributed by atoms with Crippen LogP contribution in [0.1, 0.15) is 21.7 Å². The summed E-state index contributed by atoms with van der Waals surface area (Å²) in [6.45, 7) is 3.73. The monoisotopic (exact) mass is 312 g/mol. The molecule has 22 heavy (non-hydrogen) atoms. The van der Waals surface area contributed by atoms with E-state index in [9.17, 15) is 4.79 Å². The summed E-state index contributed by atoms with van der Waals surface area (Å²) in [7, 11) is 1.80. The molecule has 0 atom stereocenters. The van der Waals surface area contributed by atoms with Gasteiger partial charge in [-0.2, -0.15) is 5.10 Å². The van der Waals surface area contributed by atoms with Crippen LogP contribution in [0.3, 0.4) is 0 Å². The number of aromatic nitrogens is 3. The number of hydrogen-bond acceptors (Lipinski definition) is 4. The molecule has 5 nitrogen and oxygen atoms in total. The molecular weight excluding hydrogens is 296 g/mol. The number of aryl methyl sites for hydroxylation is 3. The van der Waals surface area contributed by atoms with Gasteiger partial charge in [-0.1, -0.05) is 6.07 Å². The lowest BCUT2D eigenvalue weighted by molar-refractivity contribution is 0.102. The van der Waals surface area contributed by atoms with Crippen LogP contribution in [0.4, 0.5) is 5.82 Å². The molecule has 3 aromatic rings. The zero-order valence-corrected chi connectivity index (χ0v) is 13.4. The van der Waals surface area contributed by atoms with Crippen molar-refractivity contribution in [1.82, 2.24) is 14.8 Å². The molecule has 3 rings (SSSR count). The summed E-state index contributed by atoms with van der Waals surface area (Å²) in [6, 6.07) is 9.53. The topological polar surface area (TPSA) is 59.8 Å². The number of hydrogen-bond donors (Lipinski definition) is 1. The van der Waals surface area contributed by atoms with E-state index in [-0.39, 0.29) is 5.91 Å². The molecule has 0 unspecified atom stereocenters. The van der Waals surface area contributed by atoms with Crippen molar-refractivity contribution >= 4 is 23.1 Å². The molecule has 0 radical (unpaired) electrons. The Hall–Kier alpha value is -2.47. The minimum Gasteiger partial charge on any atom is -0.307 e. The van der Waals surface area contributed by atoms with Gasteiger partial charge in [0.15, 0.2) is 0 Å². The molecule has 0 fully saturated rings. The second-order valence-electron chi connectivity index (χ2n) is 5.06. The molecule has 1 amide bonds. The van der Waals surface area contributed by atoms with Crippen molar-refractivity contribution in [2.24, 2.45) is 7.05 Å². The summed E-state index contributed by atoms with van der Waals surface area (Å²) in [5, 5.41) is 9.09. The molecule has 3 aromatic heterocycles. The lowest BCUT2D eigenvalue weighted by Crippen LogP contribution is -2.16. The molecule has 1 N–H and O–H groups in total. The van der Waals surface area contributed by atoms with Crippen LogP contribution in [0, 0.1) is 13.8 Å². The number of thiophene rings is 1. The average molecular weight is 312 g/mol. The third kappa shape index (κ3) is 2.78. The van der Waals surface area contributed by atoms with Gasteiger partial charge >= 0.3 is 0 Å². The van der Waals surface area contributed by atoms with E-state index in [1.165, 1.54) is 0 Å². The Morgan fingerprint density at radius 2 is 2.09 bits per heavy atom. The van der Waals surface area contributed by atoms with Crippen molar-refractivity contribution in [1.29, 1.82) is 0 Å². The van der Waals surface area contributed by atoms with Crippen molar-refractivity contribution in [2.75, 3.05) is 5.32 Å².